The third kappa shape index (κ3) is 5.40. The second-order valence-electron chi connectivity index (χ2n) is 7.82. The molecule has 4 rings (SSSR count). The van der Waals surface area contributed by atoms with E-state index in [0.717, 1.165) is 5.56 Å². The molecule has 0 saturated carbocycles. The van der Waals surface area contributed by atoms with Crippen molar-refractivity contribution < 1.29 is 14.0 Å². The Hall–Kier alpha value is -2.52. The predicted molar refractivity (Wildman–Crippen MR) is 117 cm³/mol. The molecular weight excluding hydrogens is 421 g/mol. The van der Waals surface area contributed by atoms with Gasteiger partial charge in [-0.2, -0.15) is 0 Å². The highest BCUT2D eigenvalue weighted by atomic mass is 35.5. The summed E-state index contributed by atoms with van der Waals surface area (Å²) in [5.41, 5.74) is 7.74. The monoisotopic (exact) mass is 445 g/mol. The Kier molecular flexibility index (Phi) is 6.82. The largest absolute Gasteiger partial charge is 0.340 e. The zero-order valence-corrected chi connectivity index (χ0v) is 17.7. The number of piperazine rings is 1. The number of anilines is 1. The Morgan fingerprint density at radius 1 is 1.10 bits per heavy atom. The molecule has 2 heterocycles. The number of amides is 2. The van der Waals surface area contributed by atoms with Crippen molar-refractivity contribution in [2.45, 2.75) is 6.04 Å². The summed E-state index contributed by atoms with van der Waals surface area (Å²) in [6.07, 6.45) is 0. The number of hydrogen-bond donors (Lipinski definition) is 3. The van der Waals surface area contributed by atoms with E-state index in [1.807, 2.05) is 34.1 Å². The van der Waals surface area contributed by atoms with Crippen LogP contribution in [0.1, 0.15) is 11.6 Å². The summed E-state index contributed by atoms with van der Waals surface area (Å²) in [4.78, 5) is 29.3. The topological polar surface area (TPSA) is 76.7 Å². The minimum atomic E-state index is -0.391. The number of nitrogens with one attached hydrogen (secondary N) is 3. The molecule has 0 bridgehead atoms. The number of nitrogens with zero attached hydrogens (tertiary/aromatic N) is 2. The van der Waals surface area contributed by atoms with E-state index >= 15 is 0 Å². The van der Waals surface area contributed by atoms with Crippen molar-refractivity contribution in [1.29, 1.82) is 0 Å². The van der Waals surface area contributed by atoms with Crippen molar-refractivity contribution in [2.24, 2.45) is 5.92 Å². The highest BCUT2D eigenvalue weighted by Crippen LogP contribution is 2.28. The van der Waals surface area contributed by atoms with Crippen LogP contribution < -0.4 is 16.2 Å². The predicted octanol–water partition coefficient (Wildman–Crippen LogP) is 2.03. The fourth-order valence-electron chi connectivity index (χ4n) is 4.04. The second-order valence-corrected chi connectivity index (χ2v) is 8.26. The lowest BCUT2D eigenvalue weighted by molar-refractivity contribution is -0.137. The van der Waals surface area contributed by atoms with Crippen LogP contribution in [0.5, 0.6) is 0 Å². The van der Waals surface area contributed by atoms with Crippen LogP contribution in [0.3, 0.4) is 0 Å². The van der Waals surface area contributed by atoms with Crippen molar-refractivity contribution >= 4 is 29.1 Å². The van der Waals surface area contributed by atoms with Crippen LogP contribution in [0.2, 0.25) is 5.02 Å². The van der Waals surface area contributed by atoms with Gasteiger partial charge in [0.2, 0.25) is 11.8 Å². The molecule has 2 atom stereocenters. The quantitative estimate of drug-likeness (QED) is 0.656. The molecule has 2 aliphatic rings. The van der Waals surface area contributed by atoms with Crippen LogP contribution in [0.4, 0.5) is 10.1 Å². The van der Waals surface area contributed by atoms with Crippen LogP contribution in [-0.2, 0) is 9.59 Å². The Morgan fingerprint density at radius 2 is 1.84 bits per heavy atom. The molecule has 164 valence electrons. The minimum absolute atomic E-state index is 0.0984. The first-order valence-corrected chi connectivity index (χ1v) is 10.7. The van der Waals surface area contributed by atoms with Gasteiger partial charge in [0.15, 0.2) is 0 Å². The summed E-state index contributed by atoms with van der Waals surface area (Å²) in [5.74, 6) is -0.694. The second kappa shape index (κ2) is 9.74. The molecule has 2 saturated heterocycles. The van der Waals surface area contributed by atoms with Gasteiger partial charge >= 0.3 is 0 Å². The van der Waals surface area contributed by atoms with Crippen molar-refractivity contribution in [2.75, 3.05) is 44.6 Å². The number of benzene rings is 2. The normalized spacial score (nSPS) is 21.8. The molecule has 2 fully saturated rings. The molecule has 0 aromatic heterocycles. The first-order valence-electron chi connectivity index (χ1n) is 10.3. The molecule has 2 aromatic carbocycles. The smallest absolute Gasteiger partial charge is 0.238 e. The van der Waals surface area contributed by atoms with Gasteiger partial charge in [0.25, 0.3) is 0 Å². The zero-order valence-electron chi connectivity index (χ0n) is 17.0. The Bertz CT molecular complexity index is 934. The first-order chi connectivity index (χ1) is 15.0. The molecular formula is C22H25ClFN5O2. The fourth-order valence-corrected chi connectivity index (χ4v) is 4.17. The standard InChI is InChI=1S/C22H25ClFN5O2/c23-16-6-4-15(5-7-16)21-19(13-25-27-21)22(31)29-10-8-28(9-11-29)14-20(30)26-18-3-1-2-17(24)12-18/h1-7,12,19,21,25,27H,8-11,13-14H2,(H,26,30). The number of hydrazine groups is 1. The SMILES string of the molecule is O=C(CN1CCN(C(=O)C2CNNC2c2ccc(Cl)cc2)CC1)Nc1cccc(F)c1. The summed E-state index contributed by atoms with van der Waals surface area (Å²) < 4.78 is 13.3. The van der Waals surface area contributed by atoms with Gasteiger partial charge in [-0.15, -0.1) is 0 Å². The highest BCUT2D eigenvalue weighted by molar-refractivity contribution is 6.30. The van der Waals surface area contributed by atoms with E-state index < -0.39 is 5.82 Å². The average Bonchev–Trinajstić information content (AvgIpc) is 3.24. The van der Waals surface area contributed by atoms with Gasteiger partial charge in [0.1, 0.15) is 5.82 Å². The summed E-state index contributed by atoms with van der Waals surface area (Å²) in [6.45, 7) is 3.12. The van der Waals surface area contributed by atoms with Gasteiger partial charge in [0.05, 0.1) is 18.5 Å². The van der Waals surface area contributed by atoms with Gasteiger partial charge in [-0.3, -0.25) is 19.9 Å². The van der Waals surface area contributed by atoms with Crippen molar-refractivity contribution in [3.63, 3.8) is 0 Å². The lowest BCUT2D eigenvalue weighted by atomic mass is 9.93. The van der Waals surface area contributed by atoms with Gasteiger partial charge < -0.3 is 10.2 Å². The van der Waals surface area contributed by atoms with E-state index in [1.54, 1.807) is 12.1 Å². The molecule has 7 nitrogen and oxygen atoms in total. The molecule has 3 N–H and O–H groups in total. The Balaban J connectivity index is 1.28. The fraction of sp³-hybridized carbons (Fsp3) is 0.364. The molecule has 2 amide bonds. The van der Waals surface area contributed by atoms with Gasteiger partial charge in [-0.25, -0.2) is 9.82 Å². The Morgan fingerprint density at radius 3 is 2.55 bits per heavy atom. The molecule has 9 heteroatoms. The average molecular weight is 446 g/mol. The van der Waals surface area contributed by atoms with Crippen LogP contribution >= 0.6 is 11.6 Å². The van der Waals surface area contributed by atoms with E-state index in [4.69, 9.17) is 11.6 Å². The molecule has 2 aromatic rings. The number of carbonyl (C=O) groups excluding carboxylic acids is 2. The summed E-state index contributed by atoms with van der Waals surface area (Å²) >= 11 is 5.98. The van der Waals surface area contributed by atoms with Crippen molar-refractivity contribution in [3.8, 4) is 0 Å². The van der Waals surface area contributed by atoms with Gasteiger partial charge in [0, 0.05) is 43.4 Å². The van der Waals surface area contributed by atoms with E-state index in [-0.39, 0.29) is 30.3 Å². The van der Waals surface area contributed by atoms with Crippen molar-refractivity contribution in [3.05, 3.63) is 64.9 Å². The highest BCUT2D eigenvalue weighted by Gasteiger charge is 2.37. The maximum Gasteiger partial charge on any atom is 0.238 e. The number of hydrogen-bond acceptors (Lipinski definition) is 5. The lowest BCUT2D eigenvalue weighted by Gasteiger charge is -2.36. The third-order valence-corrected chi connectivity index (χ3v) is 5.94. The van der Waals surface area contributed by atoms with E-state index in [1.165, 1.54) is 12.1 Å². The van der Waals surface area contributed by atoms with Crippen LogP contribution in [0, 0.1) is 11.7 Å². The molecule has 2 aliphatic heterocycles. The number of carbonyl (C=O) groups is 2. The van der Waals surface area contributed by atoms with E-state index in [9.17, 15) is 14.0 Å². The van der Waals surface area contributed by atoms with Crippen LogP contribution in [0.15, 0.2) is 48.5 Å². The summed E-state index contributed by atoms with van der Waals surface area (Å²) in [5, 5.41) is 3.37. The maximum atomic E-state index is 13.3. The zero-order chi connectivity index (χ0) is 21.8. The maximum absolute atomic E-state index is 13.3. The van der Waals surface area contributed by atoms with Crippen LogP contribution in [-0.4, -0.2) is 60.9 Å². The first kappa shape index (κ1) is 21.7. The Labute approximate surface area is 185 Å². The van der Waals surface area contributed by atoms with Gasteiger partial charge in [-0.05, 0) is 35.9 Å². The lowest BCUT2D eigenvalue weighted by Crippen LogP contribution is -2.52. The minimum Gasteiger partial charge on any atom is -0.340 e. The van der Waals surface area contributed by atoms with Crippen molar-refractivity contribution in [1.82, 2.24) is 20.7 Å². The molecule has 0 aliphatic carbocycles. The number of rotatable bonds is 5. The van der Waals surface area contributed by atoms with E-state index in [2.05, 4.69) is 16.2 Å². The molecule has 0 spiro atoms. The summed E-state index contributed by atoms with van der Waals surface area (Å²) in [6, 6.07) is 13.2. The van der Waals surface area contributed by atoms with E-state index in [0.29, 0.717) is 43.4 Å². The summed E-state index contributed by atoms with van der Waals surface area (Å²) in [7, 11) is 0. The molecule has 2 unspecified atom stereocenters. The third-order valence-electron chi connectivity index (χ3n) is 5.69. The number of halogens is 2. The van der Waals surface area contributed by atoms with Crippen LogP contribution in [0.25, 0.3) is 0 Å². The molecule has 0 radical (unpaired) electrons. The van der Waals surface area contributed by atoms with Gasteiger partial charge in [-0.1, -0.05) is 29.8 Å². The molecule has 31 heavy (non-hydrogen) atoms.